The van der Waals surface area contributed by atoms with Crippen molar-refractivity contribution in [2.45, 2.75) is 44.4 Å². The SMILES string of the molecule is Cn1c([C@@H]2CCN(CC3CCCCC3)C2)nc2cccnc21. The number of fused-ring (bicyclic) bond motifs is 1. The highest BCUT2D eigenvalue weighted by Crippen LogP contribution is 2.31. The zero-order chi connectivity index (χ0) is 14.9. The Morgan fingerprint density at radius 3 is 2.86 bits per heavy atom. The quantitative estimate of drug-likeness (QED) is 0.871. The molecule has 2 aliphatic rings. The van der Waals surface area contributed by atoms with E-state index >= 15 is 0 Å². The third kappa shape index (κ3) is 2.65. The highest BCUT2D eigenvalue weighted by molar-refractivity contribution is 5.71. The second kappa shape index (κ2) is 5.99. The van der Waals surface area contributed by atoms with Crippen molar-refractivity contribution in [2.24, 2.45) is 13.0 Å². The van der Waals surface area contributed by atoms with E-state index in [4.69, 9.17) is 4.98 Å². The molecule has 2 aromatic heterocycles. The van der Waals surface area contributed by atoms with E-state index in [-0.39, 0.29) is 0 Å². The molecule has 1 aliphatic heterocycles. The lowest BCUT2D eigenvalue weighted by Crippen LogP contribution is -2.28. The fraction of sp³-hybridized carbons (Fsp3) is 0.667. The molecule has 0 bridgehead atoms. The summed E-state index contributed by atoms with van der Waals surface area (Å²) in [5, 5.41) is 0. The van der Waals surface area contributed by atoms with Gasteiger partial charge in [-0.25, -0.2) is 9.97 Å². The Bertz CT molecular complexity index is 642. The van der Waals surface area contributed by atoms with Gasteiger partial charge >= 0.3 is 0 Å². The van der Waals surface area contributed by atoms with E-state index in [2.05, 4.69) is 27.6 Å². The third-order valence-corrected chi connectivity index (χ3v) is 5.54. The maximum absolute atomic E-state index is 4.85. The van der Waals surface area contributed by atoms with Crippen LogP contribution in [0.1, 0.15) is 50.3 Å². The number of nitrogens with zero attached hydrogens (tertiary/aromatic N) is 4. The van der Waals surface area contributed by atoms with Crippen LogP contribution in [0.4, 0.5) is 0 Å². The molecule has 0 unspecified atom stereocenters. The van der Waals surface area contributed by atoms with Gasteiger partial charge < -0.3 is 9.47 Å². The molecule has 0 aromatic carbocycles. The van der Waals surface area contributed by atoms with Gasteiger partial charge in [-0.3, -0.25) is 0 Å². The number of hydrogen-bond donors (Lipinski definition) is 0. The molecule has 4 nitrogen and oxygen atoms in total. The van der Waals surface area contributed by atoms with E-state index in [9.17, 15) is 0 Å². The molecule has 3 heterocycles. The summed E-state index contributed by atoms with van der Waals surface area (Å²) in [5.41, 5.74) is 2.05. The van der Waals surface area contributed by atoms with Gasteiger partial charge in [0, 0.05) is 32.3 Å². The minimum Gasteiger partial charge on any atom is -0.316 e. The molecule has 0 spiro atoms. The zero-order valence-electron chi connectivity index (χ0n) is 13.5. The summed E-state index contributed by atoms with van der Waals surface area (Å²) in [4.78, 5) is 12.0. The van der Waals surface area contributed by atoms with Crippen LogP contribution >= 0.6 is 0 Å². The first kappa shape index (κ1) is 14.2. The molecule has 118 valence electrons. The number of likely N-dealkylation sites (tertiary alicyclic amines) is 1. The predicted octanol–water partition coefficient (Wildman–Crippen LogP) is 3.34. The number of rotatable bonds is 3. The van der Waals surface area contributed by atoms with Gasteiger partial charge in [0.2, 0.25) is 0 Å². The molecule has 4 rings (SSSR count). The van der Waals surface area contributed by atoms with Crippen molar-refractivity contribution in [3.8, 4) is 0 Å². The summed E-state index contributed by atoms with van der Waals surface area (Å²) in [5.74, 6) is 2.73. The molecule has 2 fully saturated rings. The lowest BCUT2D eigenvalue weighted by molar-refractivity contribution is 0.231. The summed E-state index contributed by atoms with van der Waals surface area (Å²) >= 11 is 0. The topological polar surface area (TPSA) is 34.0 Å². The highest BCUT2D eigenvalue weighted by Gasteiger charge is 2.29. The molecule has 0 radical (unpaired) electrons. The van der Waals surface area contributed by atoms with Crippen molar-refractivity contribution >= 4 is 11.2 Å². The first-order valence-corrected chi connectivity index (χ1v) is 8.81. The molecule has 1 saturated heterocycles. The second-order valence-corrected chi connectivity index (χ2v) is 7.12. The lowest BCUT2D eigenvalue weighted by atomic mass is 9.89. The van der Waals surface area contributed by atoms with Gasteiger partial charge in [0.25, 0.3) is 0 Å². The van der Waals surface area contributed by atoms with Gasteiger partial charge in [0.1, 0.15) is 11.3 Å². The molecule has 1 atom stereocenters. The maximum Gasteiger partial charge on any atom is 0.159 e. The Balaban J connectivity index is 1.46. The van der Waals surface area contributed by atoms with Crippen molar-refractivity contribution in [1.82, 2.24) is 19.4 Å². The molecule has 2 aromatic rings. The van der Waals surface area contributed by atoms with E-state index in [0.717, 1.165) is 17.1 Å². The maximum atomic E-state index is 4.85. The van der Waals surface area contributed by atoms with E-state index in [1.165, 1.54) is 64.0 Å². The van der Waals surface area contributed by atoms with Crippen LogP contribution in [0.2, 0.25) is 0 Å². The van der Waals surface area contributed by atoms with E-state index in [1.54, 1.807) is 0 Å². The van der Waals surface area contributed by atoms with Gasteiger partial charge in [0.05, 0.1) is 0 Å². The Labute approximate surface area is 132 Å². The molecule has 22 heavy (non-hydrogen) atoms. The largest absolute Gasteiger partial charge is 0.316 e. The van der Waals surface area contributed by atoms with Crippen LogP contribution in [0, 0.1) is 5.92 Å². The first-order valence-electron chi connectivity index (χ1n) is 8.81. The Kier molecular flexibility index (Phi) is 3.87. The number of hydrogen-bond acceptors (Lipinski definition) is 3. The molecule has 1 aliphatic carbocycles. The number of aromatic nitrogens is 3. The van der Waals surface area contributed by atoms with Crippen molar-refractivity contribution < 1.29 is 0 Å². The lowest BCUT2D eigenvalue weighted by Gasteiger charge is -2.26. The van der Waals surface area contributed by atoms with E-state index < -0.39 is 0 Å². The number of pyridine rings is 1. The van der Waals surface area contributed by atoms with E-state index in [0.29, 0.717) is 5.92 Å². The molecule has 4 heteroatoms. The van der Waals surface area contributed by atoms with Crippen molar-refractivity contribution in [3.63, 3.8) is 0 Å². The van der Waals surface area contributed by atoms with Crippen LogP contribution in [0.25, 0.3) is 11.2 Å². The Hall–Kier alpha value is -1.42. The van der Waals surface area contributed by atoms with Crippen molar-refractivity contribution in [2.75, 3.05) is 19.6 Å². The van der Waals surface area contributed by atoms with Crippen LogP contribution in [0.15, 0.2) is 18.3 Å². The van der Waals surface area contributed by atoms with Crippen LogP contribution in [-0.2, 0) is 7.05 Å². The number of imidazole rings is 1. The van der Waals surface area contributed by atoms with Gasteiger partial charge in [0.15, 0.2) is 5.65 Å². The monoisotopic (exact) mass is 298 g/mol. The molecular weight excluding hydrogens is 272 g/mol. The van der Waals surface area contributed by atoms with Crippen LogP contribution in [0.5, 0.6) is 0 Å². The van der Waals surface area contributed by atoms with Gasteiger partial charge in [-0.05, 0) is 43.9 Å². The second-order valence-electron chi connectivity index (χ2n) is 7.12. The van der Waals surface area contributed by atoms with Crippen LogP contribution in [0.3, 0.4) is 0 Å². The molecule has 0 N–H and O–H groups in total. The summed E-state index contributed by atoms with van der Waals surface area (Å²) in [6, 6.07) is 4.05. The summed E-state index contributed by atoms with van der Waals surface area (Å²) < 4.78 is 2.20. The van der Waals surface area contributed by atoms with Crippen LogP contribution in [-0.4, -0.2) is 39.1 Å². The van der Waals surface area contributed by atoms with Gasteiger partial charge in [-0.15, -0.1) is 0 Å². The fourth-order valence-corrected chi connectivity index (χ4v) is 4.35. The normalized spacial score (nSPS) is 24.3. The minimum atomic E-state index is 0.572. The van der Waals surface area contributed by atoms with Crippen LogP contribution < -0.4 is 0 Å². The summed E-state index contributed by atoms with van der Waals surface area (Å²) in [6.07, 6.45) is 10.3. The zero-order valence-corrected chi connectivity index (χ0v) is 13.5. The van der Waals surface area contributed by atoms with Gasteiger partial charge in [-0.1, -0.05) is 19.3 Å². The van der Waals surface area contributed by atoms with Crippen molar-refractivity contribution in [1.29, 1.82) is 0 Å². The predicted molar refractivity (Wildman–Crippen MR) is 88.9 cm³/mol. The Morgan fingerprint density at radius 1 is 1.18 bits per heavy atom. The molecule has 1 saturated carbocycles. The summed E-state index contributed by atoms with van der Waals surface area (Å²) in [7, 11) is 2.11. The number of aryl methyl sites for hydroxylation is 1. The minimum absolute atomic E-state index is 0.572. The average molecular weight is 298 g/mol. The molecular formula is C18H26N4. The first-order chi connectivity index (χ1) is 10.8. The Morgan fingerprint density at radius 2 is 2.05 bits per heavy atom. The average Bonchev–Trinajstić information content (AvgIpc) is 3.14. The smallest absolute Gasteiger partial charge is 0.159 e. The fourth-order valence-electron chi connectivity index (χ4n) is 4.35. The summed E-state index contributed by atoms with van der Waals surface area (Å²) in [6.45, 7) is 3.71. The standard InChI is InChI=1S/C18H26N4/c1-21-17(20-16-8-5-10-19-18(16)21)15-9-11-22(13-15)12-14-6-3-2-4-7-14/h5,8,10,14-15H,2-4,6-7,9,11-13H2,1H3/t15-/m1/s1. The third-order valence-electron chi connectivity index (χ3n) is 5.54. The van der Waals surface area contributed by atoms with E-state index in [1.807, 2.05) is 12.3 Å². The highest BCUT2D eigenvalue weighted by atomic mass is 15.2. The van der Waals surface area contributed by atoms with Crippen molar-refractivity contribution in [3.05, 3.63) is 24.2 Å². The van der Waals surface area contributed by atoms with Gasteiger partial charge in [-0.2, -0.15) is 0 Å². The molecule has 0 amide bonds.